The SMILES string of the molecule is C=C/C=C\C(C)=C=C(C)C(/C=C\C=C/C)=C\C(=C)Sc1ccc(N(c2ccc(-c3ccccc3C(C)C)c(C)c2)c2ccc3c(c2)C(C)(C)C2=C3C=CCC=C2)cc1C. The Balaban J connectivity index is 1.42. The molecule has 4 aromatic carbocycles. The van der Waals surface area contributed by atoms with Crippen LogP contribution in [0.4, 0.5) is 17.1 Å². The van der Waals surface area contributed by atoms with Gasteiger partial charge in [0.25, 0.3) is 0 Å². The highest BCUT2D eigenvalue weighted by molar-refractivity contribution is 8.03. The van der Waals surface area contributed by atoms with E-state index < -0.39 is 0 Å². The first-order valence-electron chi connectivity index (χ1n) is 20.8. The third-order valence-electron chi connectivity index (χ3n) is 11.2. The van der Waals surface area contributed by atoms with Crippen LogP contribution < -0.4 is 4.90 Å². The van der Waals surface area contributed by atoms with Gasteiger partial charge in [0.05, 0.1) is 0 Å². The molecule has 0 fully saturated rings. The summed E-state index contributed by atoms with van der Waals surface area (Å²) in [6.07, 6.45) is 26.4. The summed E-state index contributed by atoms with van der Waals surface area (Å²) in [5, 5.41) is 0. The minimum Gasteiger partial charge on any atom is -0.310 e. The zero-order valence-electron chi connectivity index (χ0n) is 36.5. The summed E-state index contributed by atoms with van der Waals surface area (Å²) in [4.78, 5) is 4.57. The lowest BCUT2D eigenvalue weighted by Gasteiger charge is -2.29. The summed E-state index contributed by atoms with van der Waals surface area (Å²) < 4.78 is 0. The smallest absolute Gasteiger partial charge is 0.0465 e. The number of benzene rings is 4. The Labute approximate surface area is 359 Å². The molecule has 298 valence electrons. The molecule has 6 rings (SSSR count). The van der Waals surface area contributed by atoms with Gasteiger partial charge >= 0.3 is 0 Å². The normalized spacial score (nSPS) is 14.6. The van der Waals surface area contributed by atoms with E-state index >= 15 is 0 Å². The first kappa shape index (κ1) is 42.8. The molecule has 2 heteroatoms. The van der Waals surface area contributed by atoms with Crippen molar-refractivity contribution in [3.63, 3.8) is 0 Å². The van der Waals surface area contributed by atoms with Gasteiger partial charge in [0.15, 0.2) is 0 Å². The Morgan fingerprint density at radius 3 is 2.17 bits per heavy atom. The molecule has 0 aromatic heterocycles. The molecule has 0 unspecified atom stereocenters. The number of hydrogen-bond acceptors (Lipinski definition) is 2. The van der Waals surface area contributed by atoms with Crippen LogP contribution in [0.25, 0.3) is 16.7 Å². The third kappa shape index (κ3) is 9.58. The van der Waals surface area contributed by atoms with Gasteiger partial charge in [0.2, 0.25) is 0 Å². The van der Waals surface area contributed by atoms with Crippen LogP contribution in [0, 0.1) is 13.8 Å². The fourth-order valence-corrected chi connectivity index (χ4v) is 8.99. The molecule has 0 amide bonds. The number of fused-ring (bicyclic) bond motifs is 2. The highest BCUT2D eigenvalue weighted by Crippen LogP contribution is 2.50. The summed E-state index contributed by atoms with van der Waals surface area (Å²) in [7, 11) is 0. The molecular formula is C57H59NS. The van der Waals surface area contributed by atoms with Gasteiger partial charge in [-0.05, 0) is 162 Å². The third-order valence-corrected chi connectivity index (χ3v) is 12.3. The van der Waals surface area contributed by atoms with Crippen molar-refractivity contribution in [3.8, 4) is 11.1 Å². The Kier molecular flexibility index (Phi) is 13.7. The molecule has 4 aromatic rings. The fourth-order valence-electron chi connectivity index (χ4n) is 8.17. The van der Waals surface area contributed by atoms with E-state index in [0.717, 1.165) is 45.1 Å². The highest BCUT2D eigenvalue weighted by atomic mass is 32.2. The largest absolute Gasteiger partial charge is 0.310 e. The van der Waals surface area contributed by atoms with Crippen LogP contribution in [-0.4, -0.2) is 0 Å². The molecule has 0 N–H and O–H groups in total. The van der Waals surface area contributed by atoms with Crippen molar-refractivity contribution in [1.29, 1.82) is 0 Å². The van der Waals surface area contributed by atoms with Crippen molar-refractivity contribution in [3.05, 3.63) is 226 Å². The molecule has 0 spiro atoms. The Bertz CT molecular complexity index is 2560. The van der Waals surface area contributed by atoms with Crippen LogP contribution in [0.5, 0.6) is 0 Å². The first-order valence-corrected chi connectivity index (χ1v) is 21.6. The number of rotatable bonds is 13. The van der Waals surface area contributed by atoms with Crippen LogP contribution in [0.1, 0.15) is 88.6 Å². The van der Waals surface area contributed by atoms with Crippen molar-refractivity contribution in [2.75, 3.05) is 4.90 Å². The molecule has 0 radical (unpaired) electrons. The van der Waals surface area contributed by atoms with Gasteiger partial charge < -0.3 is 4.90 Å². The second-order valence-electron chi connectivity index (χ2n) is 16.3. The molecule has 0 atom stereocenters. The first-order chi connectivity index (χ1) is 28.3. The molecule has 0 saturated carbocycles. The lowest BCUT2D eigenvalue weighted by atomic mass is 9.81. The van der Waals surface area contributed by atoms with E-state index in [1.807, 2.05) is 31.2 Å². The molecule has 1 nitrogen and oxygen atoms in total. The van der Waals surface area contributed by atoms with E-state index in [-0.39, 0.29) is 5.41 Å². The molecule has 2 aliphatic rings. The molecule has 0 aliphatic heterocycles. The zero-order chi connectivity index (χ0) is 42.3. The Hall–Kier alpha value is -5.79. The van der Waals surface area contributed by atoms with Gasteiger partial charge in [-0.1, -0.05) is 156 Å². The zero-order valence-corrected chi connectivity index (χ0v) is 37.3. The number of anilines is 3. The minimum absolute atomic E-state index is 0.118. The van der Waals surface area contributed by atoms with Crippen molar-refractivity contribution >= 4 is 34.4 Å². The van der Waals surface area contributed by atoms with Gasteiger partial charge in [-0.15, -0.1) is 5.73 Å². The second-order valence-corrected chi connectivity index (χ2v) is 17.5. The number of thioether (sulfide) groups is 1. The topological polar surface area (TPSA) is 3.24 Å². The second kappa shape index (κ2) is 18.9. The molecule has 59 heavy (non-hydrogen) atoms. The number of nitrogens with zero attached hydrogens (tertiary/aromatic N) is 1. The number of allylic oxidation sites excluding steroid dienone is 16. The average Bonchev–Trinajstić information content (AvgIpc) is 3.35. The van der Waals surface area contributed by atoms with E-state index in [0.29, 0.717) is 5.92 Å². The summed E-state index contributed by atoms with van der Waals surface area (Å²) in [5.41, 5.74) is 21.8. The van der Waals surface area contributed by atoms with E-state index in [9.17, 15) is 0 Å². The molecular weight excluding hydrogens is 731 g/mol. The Morgan fingerprint density at radius 2 is 1.47 bits per heavy atom. The summed E-state index contributed by atoms with van der Waals surface area (Å²) >= 11 is 1.70. The maximum atomic E-state index is 4.50. The van der Waals surface area contributed by atoms with Crippen LogP contribution in [0.2, 0.25) is 0 Å². The van der Waals surface area contributed by atoms with Gasteiger partial charge in [-0.2, -0.15) is 0 Å². The summed E-state index contributed by atoms with van der Waals surface area (Å²) in [6, 6.07) is 29.7. The molecule has 0 saturated heterocycles. The fraction of sp³-hybridized carbons (Fsp3) is 0.211. The van der Waals surface area contributed by atoms with Gasteiger partial charge in [0.1, 0.15) is 0 Å². The van der Waals surface area contributed by atoms with Crippen molar-refractivity contribution in [1.82, 2.24) is 0 Å². The molecule has 0 bridgehead atoms. The standard InChI is InChI=1S/C57H59NS/c1-12-14-17-23-45(41(6)34-40(5)22-15-13-2)37-44(9)59-56-33-30-47(36-43(56)8)58(46-28-31-50(42(7)35-46)51-25-21-20-24-49(51)39(3)4)48-29-32-53-52-26-18-16-19-27-54(52)57(10,11)55(53)38-48/h12-15,17-33,35-39H,2,9,16H2,1,3-8,10-11H3/b14-12-,22-15-,23-17-,45-37-. The average molecular weight is 790 g/mol. The number of hydrogen-bond donors (Lipinski definition) is 0. The quantitative estimate of drug-likeness (QED) is 0.0754. The van der Waals surface area contributed by atoms with Gasteiger partial charge in [0, 0.05) is 32.3 Å². The van der Waals surface area contributed by atoms with E-state index in [4.69, 9.17) is 0 Å². The predicted molar refractivity (Wildman–Crippen MR) is 261 cm³/mol. The maximum Gasteiger partial charge on any atom is 0.0465 e. The Morgan fingerprint density at radius 1 is 0.797 bits per heavy atom. The van der Waals surface area contributed by atoms with Crippen molar-refractivity contribution in [2.24, 2.45) is 0 Å². The maximum absolute atomic E-state index is 4.50. The van der Waals surface area contributed by atoms with Crippen molar-refractivity contribution < 1.29 is 0 Å². The van der Waals surface area contributed by atoms with Crippen LogP contribution >= 0.6 is 11.8 Å². The van der Waals surface area contributed by atoms with Crippen LogP contribution in [0.3, 0.4) is 0 Å². The molecule has 0 heterocycles. The minimum atomic E-state index is -0.118. The van der Waals surface area contributed by atoms with E-state index in [1.54, 1.807) is 17.8 Å². The van der Waals surface area contributed by atoms with Crippen LogP contribution in [0.15, 0.2) is 203 Å². The van der Waals surface area contributed by atoms with Crippen LogP contribution in [-0.2, 0) is 5.41 Å². The van der Waals surface area contributed by atoms with Gasteiger partial charge in [-0.25, -0.2) is 0 Å². The lowest BCUT2D eigenvalue weighted by molar-refractivity contribution is 0.654. The number of aryl methyl sites for hydroxylation is 2. The summed E-state index contributed by atoms with van der Waals surface area (Å²) in [6.45, 7) is 28.2. The predicted octanol–water partition coefficient (Wildman–Crippen LogP) is 17.0. The summed E-state index contributed by atoms with van der Waals surface area (Å²) in [5.74, 6) is 0.434. The van der Waals surface area contributed by atoms with Crippen molar-refractivity contribution in [2.45, 2.75) is 85.0 Å². The monoisotopic (exact) mass is 789 g/mol. The van der Waals surface area contributed by atoms with Gasteiger partial charge in [-0.3, -0.25) is 0 Å². The highest BCUT2D eigenvalue weighted by Gasteiger charge is 2.36. The lowest BCUT2D eigenvalue weighted by Crippen LogP contribution is -2.17. The van der Waals surface area contributed by atoms with E-state index in [1.165, 1.54) is 55.0 Å². The molecule has 2 aliphatic carbocycles. The van der Waals surface area contributed by atoms with E-state index in [2.05, 4.69) is 201 Å².